The maximum Gasteiger partial charge on any atom is 0.00615 e. The first kappa shape index (κ1) is 12.0. The van der Waals surface area contributed by atoms with Gasteiger partial charge in [0.25, 0.3) is 0 Å². The average molecular weight is 197 g/mol. The molecule has 1 aliphatic rings. The summed E-state index contributed by atoms with van der Waals surface area (Å²) in [4.78, 5) is 0. The molecule has 1 N–H and O–H groups in total. The lowest BCUT2D eigenvalue weighted by Crippen LogP contribution is -2.24. The zero-order chi connectivity index (χ0) is 10.2. The molecule has 1 aliphatic carbocycles. The van der Waals surface area contributed by atoms with Crippen LogP contribution >= 0.6 is 0 Å². The minimum atomic E-state index is 0.762. The van der Waals surface area contributed by atoms with E-state index < -0.39 is 0 Å². The molecule has 0 bridgehead atoms. The van der Waals surface area contributed by atoms with Crippen LogP contribution in [0.2, 0.25) is 0 Å². The molecule has 0 amide bonds. The van der Waals surface area contributed by atoms with E-state index in [4.69, 9.17) is 0 Å². The third kappa shape index (κ3) is 4.45. The van der Waals surface area contributed by atoms with Crippen molar-refractivity contribution in [1.82, 2.24) is 5.32 Å². The molecule has 1 nitrogen and oxygen atoms in total. The van der Waals surface area contributed by atoms with Gasteiger partial charge in [-0.1, -0.05) is 45.4 Å². The van der Waals surface area contributed by atoms with Crippen molar-refractivity contribution in [3.05, 3.63) is 0 Å². The Hall–Kier alpha value is -0.0400. The smallest absolute Gasteiger partial charge is 0.00615 e. The fourth-order valence-corrected chi connectivity index (χ4v) is 2.64. The minimum absolute atomic E-state index is 0.762. The number of nitrogens with one attached hydrogen (secondary N) is 1. The van der Waals surface area contributed by atoms with Crippen molar-refractivity contribution in [1.29, 1.82) is 0 Å². The Morgan fingerprint density at radius 3 is 2.29 bits per heavy atom. The van der Waals surface area contributed by atoms with Crippen molar-refractivity contribution in [2.75, 3.05) is 7.05 Å². The van der Waals surface area contributed by atoms with Crippen LogP contribution in [-0.2, 0) is 0 Å². The van der Waals surface area contributed by atoms with Gasteiger partial charge < -0.3 is 5.32 Å². The van der Waals surface area contributed by atoms with Gasteiger partial charge in [0.2, 0.25) is 0 Å². The average Bonchev–Trinajstić information content (AvgIpc) is 2.48. The Bertz CT molecular complexity index is 121. The fourth-order valence-electron chi connectivity index (χ4n) is 2.64. The quantitative estimate of drug-likeness (QED) is 0.662. The van der Waals surface area contributed by atoms with Crippen molar-refractivity contribution in [2.45, 2.75) is 70.8 Å². The van der Waals surface area contributed by atoms with Crippen LogP contribution in [0.3, 0.4) is 0 Å². The third-order valence-electron chi connectivity index (χ3n) is 3.80. The molecule has 1 saturated carbocycles. The molecule has 0 spiro atoms. The van der Waals surface area contributed by atoms with Gasteiger partial charge in [0, 0.05) is 6.04 Å². The molecule has 0 aliphatic heterocycles. The molecule has 0 saturated heterocycles. The highest BCUT2D eigenvalue weighted by atomic mass is 14.9. The van der Waals surface area contributed by atoms with Crippen LogP contribution in [0.15, 0.2) is 0 Å². The van der Waals surface area contributed by atoms with Crippen LogP contribution < -0.4 is 5.32 Å². The van der Waals surface area contributed by atoms with E-state index in [-0.39, 0.29) is 0 Å². The third-order valence-corrected chi connectivity index (χ3v) is 3.80. The Kier molecular flexibility index (Phi) is 6.25. The van der Waals surface area contributed by atoms with Gasteiger partial charge in [-0.2, -0.15) is 0 Å². The topological polar surface area (TPSA) is 12.0 Å². The van der Waals surface area contributed by atoms with E-state index in [1.807, 2.05) is 0 Å². The lowest BCUT2D eigenvalue weighted by atomic mass is 9.92. The zero-order valence-electron chi connectivity index (χ0n) is 10.0. The highest BCUT2D eigenvalue weighted by Gasteiger charge is 2.13. The summed E-state index contributed by atoms with van der Waals surface area (Å²) in [6.45, 7) is 2.29. The summed E-state index contributed by atoms with van der Waals surface area (Å²) >= 11 is 0. The van der Waals surface area contributed by atoms with Crippen molar-refractivity contribution in [3.8, 4) is 0 Å². The minimum Gasteiger partial charge on any atom is -0.317 e. The van der Waals surface area contributed by atoms with Crippen LogP contribution in [-0.4, -0.2) is 13.1 Å². The lowest BCUT2D eigenvalue weighted by Gasteiger charge is -2.18. The van der Waals surface area contributed by atoms with Crippen molar-refractivity contribution in [2.24, 2.45) is 5.92 Å². The second kappa shape index (κ2) is 7.28. The van der Waals surface area contributed by atoms with E-state index in [1.54, 1.807) is 0 Å². The fraction of sp³-hybridized carbons (Fsp3) is 1.00. The molecule has 1 heteroatoms. The van der Waals surface area contributed by atoms with Crippen LogP contribution in [0, 0.1) is 5.92 Å². The van der Waals surface area contributed by atoms with E-state index in [1.165, 1.54) is 57.8 Å². The van der Waals surface area contributed by atoms with Crippen molar-refractivity contribution in [3.63, 3.8) is 0 Å². The molecule has 84 valence electrons. The monoisotopic (exact) mass is 197 g/mol. The maximum atomic E-state index is 3.41. The van der Waals surface area contributed by atoms with Gasteiger partial charge in [-0.3, -0.25) is 0 Å². The molecule has 0 aromatic carbocycles. The number of hydrogen-bond donors (Lipinski definition) is 1. The summed E-state index contributed by atoms with van der Waals surface area (Å²) in [5.74, 6) is 1.04. The molecule has 0 heterocycles. The molecule has 1 fully saturated rings. The Balaban J connectivity index is 2.14. The van der Waals surface area contributed by atoms with Crippen molar-refractivity contribution < 1.29 is 0 Å². The summed E-state index contributed by atoms with van der Waals surface area (Å²) in [5, 5.41) is 3.41. The van der Waals surface area contributed by atoms with Crippen LogP contribution in [0.25, 0.3) is 0 Å². The molecule has 1 atom stereocenters. The van der Waals surface area contributed by atoms with E-state index in [2.05, 4.69) is 19.3 Å². The highest BCUT2D eigenvalue weighted by Crippen LogP contribution is 2.26. The molecule has 0 aromatic heterocycles. The van der Waals surface area contributed by atoms with Gasteiger partial charge in [-0.25, -0.2) is 0 Å². The molecule has 1 rings (SSSR count). The summed E-state index contributed by atoms with van der Waals surface area (Å²) in [7, 11) is 2.10. The van der Waals surface area contributed by atoms with Crippen LogP contribution in [0.4, 0.5) is 0 Å². The van der Waals surface area contributed by atoms with Gasteiger partial charge in [0.15, 0.2) is 0 Å². The van der Waals surface area contributed by atoms with E-state index >= 15 is 0 Å². The van der Waals surface area contributed by atoms with Gasteiger partial charge in [0.1, 0.15) is 0 Å². The predicted octanol–water partition coefficient (Wildman–Crippen LogP) is 3.74. The molecule has 1 unspecified atom stereocenters. The standard InChI is InChI=1S/C13H27N/c1-3-13(14-2)11-10-12-8-6-4-5-7-9-12/h12-14H,3-11H2,1-2H3. The SMILES string of the molecule is CCC(CCC1CCCCCC1)NC. The first-order valence-electron chi connectivity index (χ1n) is 6.54. The molecular formula is C13H27N. The maximum absolute atomic E-state index is 3.41. The van der Waals surface area contributed by atoms with E-state index in [0.717, 1.165) is 12.0 Å². The van der Waals surface area contributed by atoms with Gasteiger partial charge >= 0.3 is 0 Å². The van der Waals surface area contributed by atoms with Crippen LogP contribution in [0.5, 0.6) is 0 Å². The summed E-state index contributed by atoms with van der Waals surface area (Å²) in [6.07, 6.45) is 13.1. The normalized spacial score (nSPS) is 21.9. The predicted molar refractivity (Wildman–Crippen MR) is 63.6 cm³/mol. The zero-order valence-corrected chi connectivity index (χ0v) is 10.0. The highest BCUT2D eigenvalue weighted by molar-refractivity contribution is 4.69. The van der Waals surface area contributed by atoms with E-state index in [9.17, 15) is 0 Å². The Morgan fingerprint density at radius 2 is 1.79 bits per heavy atom. The summed E-state index contributed by atoms with van der Waals surface area (Å²) in [6, 6.07) is 0.762. The number of rotatable bonds is 5. The van der Waals surface area contributed by atoms with Gasteiger partial charge in [0.05, 0.1) is 0 Å². The van der Waals surface area contributed by atoms with Gasteiger partial charge in [-0.15, -0.1) is 0 Å². The first-order chi connectivity index (χ1) is 6.86. The lowest BCUT2D eigenvalue weighted by molar-refractivity contribution is 0.375. The second-order valence-electron chi connectivity index (χ2n) is 4.83. The number of hydrogen-bond acceptors (Lipinski definition) is 1. The summed E-state index contributed by atoms with van der Waals surface area (Å²) < 4.78 is 0. The molecule has 14 heavy (non-hydrogen) atoms. The van der Waals surface area contributed by atoms with E-state index in [0.29, 0.717) is 0 Å². The molecule has 0 radical (unpaired) electrons. The van der Waals surface area contributed by atoms with Crippen molar-refractivity contribution >= 4 is 0 Å². The second-order valence-corrected chi connectivity index (χ2v) is 4.83. The summed E-state index contributed by atoms with van der Waals surface area (Å²) in [5.41, 5.74) is 0. The van der Waals surface area contributed by atoms with Crippen LogP contribution in [0.1, 0.15) is 64.7 Å². The largest absolute Gasteiger partial charge is 0.317 e. The van der Waals surface area contributed by atoms with Gasteiger partial charge in [-0.05, 0) is 32.2 Å². The molecule has 0 aromatic rings. The Morgan fingerprint density at radius 1 is 1.14 bits per heavy atom. The Labute approximate surface area is 89.7 Å². The first-order valence-corrected chi connectivity index (χ1v) is 6.54. The molecular weight excluding hydrogens is 170 g/mol.